The zero-order valence-corrected chi connectivity index (χ0v) is 30.9. The number of anilines is 2. The van der Waals surface area contributed by atoms with Gasteiger partial charge in [0.25, 0.3) is 0 Å². The highest BCUT2D eigenvalue weighted by atomic mass is 32.1. The summed E-state index contributed by atoms with van der Waals surface area (Å²) in [5.41, 5.74) is 4.11. The van der Waals surface area contributed by atoms with Crippen LogP contribution in [0, 0.1) is 5.92 Å². The number of hydrogen-bond acceptors (Lipinski definition) is 17. The van der Waals surface area contributed by atoms with Crippen molar-refractivity contribution in [2.45, 2.75) is 112 Å². The molecule has 1 aliphatic heterocycles. The van der Waals surface area contributed by atoms with E-state index in [0.29, 0.717) is 5.69 Å². The number of thiocarbonyl (C=S) groups is 1. The van der Waals surface area contributed by atoms with Crippen LogP contribution in [-0.2, 0) is 28.6 Å². The Morgan fingerprint density at radius 1 is 0.982 bits per heavy atom. The molecule has 312 valence electrons. The molecule has 1 saturated carbocycles. The summed E-state index contributed by atoms with van der Waals surface area (Å²) in [6.07, 6.45) is -21.9. The number of carbonyl (C=O) groups is 3. The molecule has 2 aliphatic rings. The summed E-state index contributed by atoms with van der Waals surface area (Å²) in [5, 5.41) is 121. The van der Waals surface area contributed by atoms with Crippen molar-refractivity contribution >= 4 is 46.5 Å². The predicted octanol–water partition coefficient (Wildman–Crippen LogP) is -5.18. The van der Waals surface area contributed by atoms with Gasteiger partial charge in [0.1, 0.15) is 54.9 Å². The van der Waals surface area contributed by atoms with Gasteiger partial charge in [-0.15, -0.1) is 0 Å². The number of benzene rings is 1. The van der Waals surface area contributed by atoms with Gasteiger partial charge in [-0.2, -0.15) is 0 Å². The van der Waals surface area contributed by atoms with Gasteiger partial charge in [-0.3, -0.25) is 9.59 Å². The van der Waals surface area contributed by atoms with Crippen LogP contribution in [0.5, 0.6) is 0 Å². The van der Waals surface area contributed by atoms with Crippen molar-refractivity contribution in [3.63, 3.8) is 0 Å². The van der Waals surface area contributed by atoms with E-state index in [0.717, 1.165) is 4.90 Å². The SMILES string of the molecule is CC(=O)N[C@@H]1CC[C@@](OC[C@H]2O[C@@H](O[C@@H]([C@H](O)[C@@H](O)CN(C(C)=O)c3ccc(NC(N)=S)cc3)[C@H](O)CO)[C@H](O)[C@@H](O)[C@H]2O)(C(=O)O)C[C@H]1C(O)C(O)CO. The van der Waals surface area contributed by atoms with Crippen molar-refractivity contribution in [3.8, 4) is 0 Å². The number of rotatable bonds is 18. The van der Waals surface area contributed by atoms with Crippen LogP contribution in [0.1, 0.15) is 33.1 Å². The lowest BCUT2D eigenvalue weighted by Gasteiger charge is -2.46. The van der Waals surface area contributed by atoms with Crippen LogP contribution >= 0.6 is 12.2 Å². The van der Waals surface area contributed by atoms with Crippen LogP contribution in [-0.4, -0.2) is 184 Å². The number of ether oxygens (including phenoxy) is 3. The summed E-state index contributed by atoms with van der Waals surface area (Å²) < 4.78 is 17.0. The minimum atomic E-state index is -2.12. The Morgan fingerprint density at radius 2 is 1.60 bits per heavy atom. The van der Waals surface area contributed by atoms with Crippen LogP contribution in [0.25, 0.3) is 0 Å². The van der Waals surface area contributed by atoms with Gasteiger partial charge in [-0.1, -0.05) is 0 Å². The van der Waals surface area contributed by atoms with Gasteiger partial charge in [0.05, 0.1) is 32.5 Å². The van der Waals surface area contributed by atoms with E-state index in [9.17, 15) is 70.6 Å². The number of carboxylic acids is 1. The molecular formula is C33H52N4O17S. The topological polar surface area (TPSA) is 355 Å². The summed E-state index contributed by atoms with van der Waals surface area (Å²) in [4.78, 5) is 38.1. The van der Waals surface area contributed by atoms with E-state index in [2.05, 4.69) is 10.6 Å². The molecular weight excluding hydrogens is 756 g/mol. The lowest BCUT2D eigenvalue weighted by molar-refractivity contribution is -0.331. The fourth-order valence-electron chi connectivity index (χ4n) is 6.67. The molecule has 2 unspecified atom stereocenters. The van der Waals surface area contributed by atoms with E-state index in [1.807, 2.05) is 0 Å². The normalized spacial score (nSPS) is 30.2. The van der Waals surface area contributed by atoms with Gasteiger partial charge in [0, 0.05) is 37.2 Å². The molecule has 22 heteroatoms. The molecule has 0 aromatic heterocycles. The summed E-state index contributed by atoms with van der Waals surface area (Å²) in [6, 6.07) is 5.23. The summed E-state index contributed by atoms with van der Waals surface area (Å²) in [5.74, 6) is -3.74. The number of amides is 2. The van der Waals surface area contributed by atoms with Crippen molar-refractivity contribution in [2.75, 3.05) is 36.6 Å². The van der Waals surface area contributed by atoms with Crippen molar-refractivity contribution in [1.29, 1.82) is 0 Å². The van der Waals surface area contributed by atoms with E-state index in [4.69, 9.17) is 32.2 Å². The second kappa shape index (κ2) is 20.3. The number of aliphatic carboxylic acids is 1. The zero-order valence-electron chi connectivity index (χ0n) is 30.1. The van der Waals surface area contributed by atoms with Gasteiger partial charge in [0.2, 0.25) is 11.8 Å². The summed E-state index contributed by atoms with van der Waals surface area (Å²) in [7, 11) is 0. The van der Waals surface area contributed by atoms with Crippen LogP contribution in [0.4, 0.5) is 11.4 Å². The van der Waals surface area contributed by atoms with Crippen LogP contribution in [0.3, 0.4) is 0 Å². The molecule has 14 atom stereocenters. The zero-order chi connectivity index (χ0) is 41.4. The number of nitrogens with one attached hydrogen (secondary N) is 2. The average Bonchev–Trinajstić information content (AvgIpc) is 3.14. The lowest BCUT2D eigenvalue weighted by Crippen LogP contribution is -2.63. The third kappa shape index (κ3) is 11.7. The fourth-order valence-corrected chi connectivity index (χ4v) is 6.79. The molecule has 0 bridgehead atoms. The molecule has 1 aromatic rings. The van der Waals surface area contributed by atoms with Gasteiger partial charge in [-0.05, 0) is 55.7 Å². The van der Waals surface area contributed by atoms with E-state index < -0.39 is 135 Å². The standard InChI is InChI=1S/C33H52N4O17S/c1-14(40)35-19-7-8-33(31(50)51,9-18(19)24(45)21(43)11-38)52-13-23-26(47)27(48)28(49)30(53-23)54-29(22(44)12-39)25(46)20(42)10-37(15(2)41)17-5-3-16(4-6-17)36-32(34)55/h3-6,18-30,38-39,42-49H,7-13H2,1-2H3,(H,35,40)(H,50,51)(H3,34,36,55)/t18-,19-,20+,21?,22-,23-,24?,25-,26+,27+,28-,29-,30+,33+/m1/s1. The summed E-state index contributed by atoms with van der Waals surface area (Å²) in [6.45, 7) is -0.925. The van der Waals surface area contributed by atoms with Crippen LogP contribution < -0.4 is 21.3 Å². The van der Waals surface area contributed by atoms with Crippen molar-refractivity contribution in [3.05, 3.63) is 24.3 Å². The molecule has 0 radical (unpaired) electrons. The maximum absolute atomic E-state index is 12.6. The fraction of sp³-hybridized carbons (Fsp3) is 0.697. The maximum Gasteiger partial charge on any atom is 0.335 e. The number of aliphatic hydroxyl groups is 10. The second-order valence-electron chi connectivity index (χ2n) is 13.7. The third-order valence-corrected chi connectivity index (χ3v) is 9.82. The van der Waals surface area contributed by atoms with Crippen molar-refractivity contribution < 1.29 is 84.8 Å². The van der Waals surface area contributed by atoms with Crippen molar-refractivity contribution in [2.24, 2.45) is 11.7 Å². The Bertz CT molecular complexity index is 1450. The monoisotopic (exact) mass is 808 g/mol. The minimum absolute atomic E-state index is 0.00632. The first-order valence-corrected chi connectivity index (χ1v) is 17.7. The molecule has 1 saturated heterocycles. The first-order valence-electron chi connectivity index (χ1n) is 17.3. The Morgan fingerprint density at radius 3 is 2.13 bits per heavy atom. The van der Waals surface area contributed by atoms with E-state index in [-0.39, 0.29) is 23.6 Å². The van der Waals surface area contributed by atoms with Gasteiger partial charge in [0.15, 0.2) is 17.0 Å². The van der Waals surface area contributed by atoms with Crippen LogP contribution in [0.2, 0.25) is 0 Å². The van der Waals surface area contributed by atoms with E-state index in [1.165, 1.54) is 38.1 Å². The Labute approximate surface area is 320 Å². The first-order chi connectivity index (χ1) is 25.8. The van der Waals surface area contributed by atoms with E-state index >= 15 is 0 Å². The van der Waals surface area contributed by atoms with E-state index in [1.54, 1.807) is 0 Å². The lowest BCUT2D eigenvalue weighted by atomic mass is 9.71. The Hall–Kier alpha value is -3.20. The number of hydrogen-bond donors (Lipinski definition) is 14. The van der Waals surface area contributed by atoms with Gasteiger partial charge in [-0.25, -0.2) is 4.79 Å². The molecule has 3 rings (SSSR count). The molecule has 1 aliphatic carbocycles. The first kappa shape index (κ1) is 46.2. The highest BCUT2D eigenvalue weighted by Gasteiger charge is 2.53. The van der Waals surface area contributed by atoms with Crippen molar-refractivity contribution in [1.82, 2.24) is 5.32 Å². The molecule has 2 amide bonds. The highest BCUT2D eigenvalue weighted by molar-refractivity contribution is 7.80. The number of nitrogens with zero attached hydrogens (tertiary/aromatic N) is 1. The highest BCUT2D eigenvalue weighted by Crippen LogP contribution is 2.39. The number of aliphatic hydroxyl groups excluding tert-OH is 10. The average molecular weight is 809 g/mol. The molecule has 1 aromatic carbocycles. The number of carboxylic acid groups (broad SMARTS) is 1. The molecule has 1 heterocycles. The number of nitrogens with two attached hydrogens (primary N) is 1. The van der Waals surface area contributed by atoms with Crippen LogP contribution in [0.15, 0.2) is 24.3 Å². The molecule has 55 heavy (non-hydrogen) atoms. The largest absolute Gasteiger partial charge is 0.479 e. The van der Waals surface area contributed by atoms with Gasteiger partial charge >= 0.3 is 5.97 Å². The smallest absolute Gasteiger partial charge is 0.335 e. The quantitative estimate of drug-likeness (QED) is 0.0616. The molecule has 21 nitrogen and oxygen atoms in total. The third-order valence-electron chi connectivity index (χ3n) is 9.72. The molecule has 0 spiro atoms. The number of carbonyl (C=O) groups excluding carboxylic acids is 2. The molecule has 2 fully saturated rings. The minimum Gasteiger partial charge on any atom is -0.479 e. The maximum atomic E-state index is 12.6. The van der Waals surface area contributed by atoms with Gasteiger partial charge < -0.3 is 91.6 Å². The second-order valence-corrected chi connectivity index (χ2v) is 14.1. The molecule has 15 N–H and O–H groups in total. The Balaban J connectivity index is 1.80. The predicted molar refractivity (Wildman–Crippen MR) is 192 cm³/mol. The summed E-state index contributed by atoms with van der Waals surface area (Å²) >= 11 is 4.80. The Kier molecular flexibility index (Phi) is 17.0.